The fourth-order valence-corrected chi connectivity index (χ4v) is 0. The van der Waals surface area contributed by atoms with Crippen LogP contribution in [-0.2, 0) is 17.1 Å². The van der Waals surface area contributed by atoms with E-state index in [1.54, 1.807) is 0 Å². The summed E-state index contributed by atoms with van der Waals surface area (Å²) in [5.74, 6) is 0. The average molecular weight is 143 g/mol. The first kappa shape index (κ1) is 17.3. The molecule has 0 rings (SSSR count). The van der Waals surface area contributed by atoms with Crippen molar-refractivity contribution in [1.29, 1.82) is 0 Å². The molecule has 43 valence electrons. The van der Waals surface area contributed by atoms with E-state index in [1.807, 2.05) is 0 Å². The van der Waals surface area contributed by atoms with Gasteiger partial charge >= 0.3 is 0 Å². The Hall–Kier alpha value is -0.321. The molecule has 0 aliphatic carbocycles. The van der Waals surface area contributed by atoms with Crippen molar-refractivity contribution < 1.29 is 27.6 Å². The SMILES string of the molecule is O=[N+]([O-])[O-].[Cu].[OH-]. The first-order valence-corrected chi connectivity index (χ1v) is 0.548. The zero-order chi connectivity index (χ0) is 3.58. The van der Waals surface area contributed by atoms with E-state index in [1.165, 1.54) is 0 Å². The topological polar surface area (TPSA) is 96.2 Å². The van der Waals surface area contributed by atoms with Gasteiger partial charge in [-0.1, -0.05) is 0 Å². The van der Waals surface area contributed by atoms with Crippen molar-refractivity contribution in [1.82, 2.24) is 0 Å². The van der Waals surface area contributed by atoms with Gasteiger partial charge in [-0.25, -0.2) is 0 Å². The van der Waals surface area contributed by atoms with Crippen LogP contribution in [0.4, 0.5) is 0 Å². The minimum absolute atomic E-state index is 0. The van der Waals surface area contributed by atoms with Gasteiger partial charge in [-0.3, -0.25) is 0 Å². The molecule has 0 amide bonds. The normalized spacial score (nSPS) is 4.00. The Morgan fingerprint density at radius 2 is 1.33 bits per heavy atom. The monoisotopic (exact) mass is 142 g/mol. The second-order valence-corrected chi connectivity index (χ2v) is 0.224. The quantitative estimate of drug-likeness (QED) is 0.261. The minimum atomic E-state index is -1.75. The Morgan fingerprint density at radius 1 is 1.33 bits per heavy atom. The molecule has 0 aliphatic heterocycles. The van der Waals surface area contributed by atoms with E-state index in [-0.39, 0.29) is 22.5 Å². The summed E-state index contributed by atoms with van der Waals surface area (Å²) < 4.78 is 0. The first-order chi connectivity index (χ1) is 1.73. The van der Waals surface area contributed by atoms with E-state index in [2.05, 4.69) is 0 Å². The van der Waals surface area contributed by atoms with Crippen LogP contribution in [0.2, 0.25) is 0 Å². The molecule has 5 nitrogen and oxygen atoms in total. The third-order valence-corrected chi connectivity index (χ3v) is 0. The molecule has 0 spiro atoms. The summed E-state index contributed by atoms with van der Waals surface area (Å²) in [5.41, 5.74) is 0. The zero-order valence-electron chi connectivity index (χ0n) is 2.42. The van der Waals surface area contributed by atoms with Gasteiger partial charge in [-0.15, -0.1) is 0 Å². The van der Waals surface area contributed by atoms with E-state index < -0.39 is 5.09 Å². The van der Waals surface area contributed by atoms with Crippen molar-refractivity contribution in [3.8, 4) is 0 Å². The van der Waals surface area contributed by atoms with E-state index in [9.17, 15) is 0 Å². The Labute approximate surface area is 43.9 Å². The zero-order valence-corrected chi connectivity index (χ0v) is 3.36. The molecule has 0 fully saturated rings. The second kappa shape index (κ2) is 8.82. The van der Waals surface area contributed by atoms with Crippen LogP contribution in [0.3, 0.4) is 0 Å². The van der Waals surface area contributed by atoms with Crippen LogP contribution >= 0.6 is 0 Å². The molecule has 6 heavy (non-hydrogen) atoms. The Kier molecular flexibility index (Phi) is 25.5. The maximum Gasteiger partial charge on any atom is 0.0689 e. The maximum absolute atomic E-state index is 8.25. The van der Waals surface area contributed by atoms with Crippen molar-refractivity contribution in [2.24, 2.45) is 0 Å². The van der Waals surface area contributed by atoms with Gasteiger partial charge in [0.15, 0.2) is 0 Å². The van der Waals surface area contributed by atoms with Gasteiger partial charge in [0.05, 0.1) is 5.09 Å². The summed E-state index contributed by atoms with van der Waals surface area (Å²) in [6, 6.07) is 0. The number of hydrogen-bond donors (Lipinski definition) is 0. The van der Waals surface area contributed by atoms with Crippen molar-refractivity contribution in [3.05, 3.63) is 15.3 Å². The van der Waals surface area contributed by atoms with E-state index in [4.69, 9.17) is 15.3 Å². The summed E-state index contributed by atoms with van der Waals surface area (Å²) in [5, 5.41) is 14.8. The van der Waals surface area contributed by atoms with E-state index in [0.717, 1.165) is 0 Å². The largest absolute Gasteiger partial charge is 0.870 e. The van der Waals surface area contributed by atoms with E-state index >= 15 is 0 Å². The molecular formula is HCuNO4-2. The Balaban J connectivity index is -0.0000000450. The van der Waals surface area contributed by atoms with E-state index in [0.29, 0.717) is 0 Å². The van der Waals surface area contributed by atoms with Gasteiger partial charge in [0.25, 0.3) is 0 Å². The first-order valence-electron chi connectivity index (χ1n) is 0.548. The minimum Gasteiger partial charge on any atom is -0.870 e. The Bertz CT molecular complexity index is 30.5. The van der Waals surface area contributed by atoms with Gasteiger partial charge < -0.3 is 20.8 Å². The summed E-state index contributed by atoms with van der Waals surface area (Å²) in [7, 11) is 0. The van der Waals surface area contributed by atoms with Crippen molar-refractivity contribution >= 4 is 0 Å². The van der Waals surface area contributed by atoms with Crippen LogP contribution < -0.4 is 0 Å². The van der Waals surface area contributed by atoms with Crippen LogP contribution in [0.15, 0.2) is 0 Å². The summed E-state index contributed by atoms with van der Waals surface area (Å²) in [4.78, 5) is 8.25. The van der Waals surface area contributed by atoms with Crippen LogP contribution in [-0.4, -0.2) is 10.6 Å². The van der Waals surface area contributed by atoms with Crippen LogP contribution in [0.5, 0.6) is 0 Å². The second-order valence-electron chi connectivity index (χ2n) is 0.224. The van der Waals surface area contributed by atoms with Gasteiger partial charge in [0.1, 0.15) is 0 Å². The molecule has 0 aromatic carbocycles. The summed E-state index contributed by atoms with van der Waals surface area (Å²) in [6.07, 6.45) is 0. The van der Waals surface area contributed by atoms with Gasteiger partial charge in [-0.2, -0.15) is 0 Å². The molecule has 0 aromatic heterocycles. The maximum atomic E-state index is 8.25. The van der Waals surface area contributed by atoms with Crippen LogP contribution in [0.1, 0.15) is 0 Å². The summed E-state index contributed by atoms with van der Waals surface area (Å²) >= 11 is 0. The molecule has 0 atom stereocenters. The predicted molar refractivity (Wildman–Crippen MR) is 12.3 cm³/mol. The molecule has 6 heteroatoms. The molecule has 0 heterocycles. The molecule has 0 unspecified atom stereocenters. The van der Waals surface area contributed by atoms with Gasteiger partial charge in [0.2, 0.25) is 0 Å². The van der Waals surface area contributed by atoms with Gasteiger partial charge in [0, 0.05) is 17.1 Å². The van der Waals surface area contributed by atoms with Crippen LogP contribution in [0.25, 0.3) is 0 Å². The molecule has 0 aromatic rings. The number of rotatable bonds is 0. The third kappa shape index (κ3) is 257. The average Bonchev–Trinajstić information content (AvgIpc) is 0.811. The number of nitrogens with zero attached hydrogens (tertiary/aromatic N) is 1. The fourth-order valence-electron chi connectivity index (χ4n) is 0. The molecule has 0 aliphatic rings. The molecule has 0 saturated heterocycles. The number of hydrogen-bond acceptors (Lipinski definition) is 4. The molecule has 1 radical (unpaired) electrons. The third-order valence-electron chi connectivity index (χ3n) is 0. The standard InChI is InChI=1S/Cu.NO3.H2O/c;2-1(3)4;/h;;1H2/q;-1;/p-1. The fraction of sp³-hybridized carbons (Fsp3) is 0. The molecule has 0 bridgehead atoms. The molecule has 1 N–H and O–H groups in total. The van der Waals surface area contributed by atoms with Crippen molar-refractivity contribution in [2.75, 3.05) is 0 Å². The molecular weight excluding hydrogens is 142 g/mol. The molecule has 0 saturated carbocycles. The summed E-state index contributed by atoms with van der Waals surface area (Å²) in [6.45, 7) is 0. The smallest absolute Gasteiger partial charge is 0.0689 e. The van der Waals surface area contributed by atoms with Crippen molar-refractivity contribution in [2.45, 2.75) is 0 Å². The predicted octanol–water partition coefficient (Wildman–Crippen LogP) is -0.418. The van der Waals surface area contributed by atoms with Gasteiger partial charge in [-0.05, 0) is 0 Å². The Morgan fingerprint density at radius 3 is 1.33 bits per heavy atom. The van der Waals surface area contributed by atoms with Crippen molar-refractivity contribution in [3.63, 3.8) is 0 Å². The van der Waals surface area contributed by atoms with Crippen LogP contribution in [0, 0.1) is 15.3 Å².